The summed E-state index contributed by atoms with van der Waals surface area (Å²) in [6, 6.07) is 4.37. The topological polar surface area (TPSA) is 81.4 Å². The summed E-state index contributed by atoms with van der Waals surface area (Å²) in [6.45, 7) is -2.29. The van der Waals surface area contributed by atoms with Crippen molar-refractivity contribution >= 4 is 33.5 Å². The second-order valence-electron chi connectivity index (χ2n) is 3.71. The molecule has 0 aliphatic heterocycles. The molecule has 3 N–H and O–H groups in total. The van der Waals surface area contributed by atoms with E-state index < -0.39 is 31.2 Å². The second-order valence-corrected chi connectivity index (χ2v) is 4.56. The van der Waals surface area contributed by atoms with Gasteiger partial charge in [-0.05, 0) is 34.1 Å². The summed E-state index contributed by atoms with van der Waals surface area (Å²) in [5, 5.41) is 1.58. The van der Waals surface area contributed by atoms with E-state index in [9.17, 15) is 22.8 Å². The largest absolute Gasteiger partial charge is 0.452 e. The number of hydrogen-bond donors (Lipinski definition) is 2. The van der Waals surface area contributed by atoms with Crippen LogP contribution >= 0.6 is 15.9 Å². The van der Waals surface area contributed by atoms with Crippen LogP contribution in [0.5, 0.6) is 0 Å². The van der Waals surface area contributed by atoms with E-state index in [0.29, 0.717) is 10.2 Å². The second kappa shape index (κ2) is 6.60. The van der Waals surface area contributed by atoms with Gasteiger partial charge in [0.15, 0.2) is 6.61 Å². The summed E-state index contributed by atoms with van der Waals surface area (Å²) >= 11 is 3.09. The van der Waals surface area contributed by atoms with Crippen molar-refractivity contribution in [2.24, 2.45) is 0 Å². The number of nitrogens with two attached hydrogens (primary N) is 1. The lowest BCUT2D eigenvalue weighted by atomic mass is 10.2. The lowest BCUT2D eigenvalue weighted by Gasteiger charge is -2.09. The maximum atomic E-state index is 11.8. The maximum absolute atomic E-state index is 11.8. The van der Waals surface area contributed by atoms with E-state index in [4.69, 9.17) is 5.73 Å². The number of anilines is 1. The maximum Gasteiger partial charge on any atom is 0.405 e. The highest BCUT2D eigenvalue weighted by Gasteiger charge is 2.27. The first-order valence-electron chi connectivity index (χ1n) is 5.24. The van der Waals surface area contributed by atoms with Gasteiger partial charge in [-0.1, -0.05) is 0 Å². The fourth-order valence-electron chi connectivity index (χ4n) is 1.16. The van der Waals surface area contributed by atoms with Crippen molar-refractivity contribution in [3.63, 3.8) is 0 Å². The monoisotopic (exact) mass is 354 g/mol. The van der Waals surface area contributed by atoms with Gasteiger partial charge >= 0.3 is 12.1 Å². The van der Waals surface area contributed by atoms with Crippen molar-refractivity contribution in [3.8, 4) is 0 Å². The lowest BCUT2D eigenvalue weighted by Crippen LogP contribution is -2.36. The van der Waals surface area contributed by atoms with E-state index in [1.165, 1.54) is 18.2 Å². The Kier molecular flexibility index (Phi) is 5.37. The van der Waals surface area contributed by atoms with E-state index in [1.807, 2.05) is 0 Å². The van der Waals surface area contributed by atoms with E-state index in [2.05, 4.69) is 20.7 Å². The van der Waals surface area contributed by atoms with E-state index in [1.54, 1.807) is 5.32 Å². The molecule has 1 amide bonds. The van der Waals surface area contributed by atoms with Crippen molar-refractivity contribution in [2.45, 2.75) is 6.18 Å². The van der Waals surface area contributed by atoms with Gasteiger partial charge in [0.05, 0.1) is 5.56 Å². The fourth-order valence-corrected chi connectivity index (χ4v) is 1.57. The molecule has 0 bridgehead atoms. The number of carbonyl (C=O) groups is 2. The highest BCUT2D eigenvalue weighted by Crippen LogP contribution is 2.20. The molecule has 20 heavy (non-hydrogen) atoms. The van der Waals surface area contributed by atoms with Crippen molar-refractivity contribution < 1.29 is 27.5 Å². The first kappa shape index (κ1) is 16.3. The quantitative estimate of drug-likeness (QED) is 0.638. The van der Waals surface area contributed by atoms with Gasteiger partial charge < -0.3 is 15.8 Å². The van der Waals surface area contributed by atoms with Crippen molar-refractivity contribution in [1.29, 1.82) is 0 Å². The van der Waals surface area contributed by atoms with Gasteiger partial charge in [0.25, 0.3) is 5.91 Å². The van der Waals surface area contributed by atoms with Crippen LogP contribution in [0.1, 0.15) is 10.4 Å². The minimum atomic E-state index is -4.52. The third-order valence-corrected chi connectivity index (χ3v) is 2.72. The molecule has 1 rings (SSSR count). The van der Waals surface area contributed by atoms with Gasteiger partial charge in [0.1, 0.15) is 6.54 Å². The minimum Gasteiger partial charge on any atom is -0.452 e. The summed E-state index contributed by atoms with van der Waals surface area (Å²) in [7, 11) is 0. The molecule has 0 saturated carbocycles. The Hall–Kier alpha value is -1.77. The van der Waals surface area contributed by atoms with E-state index in [0.717, 1.165) is 0 Å². The predicted octanol–water partition coefficient (Wildman–Crippen LogP) is 1.87. The van der Waals surface area contributed by atoms with Gasteiger partial charge in [-0.3, -0.25) is 4.79 Å². The lowest BCUT2D eigenvalue weighted by molar-refractivity contribution is -0.140. The molecule has 0 atom stereocenters. The van der Waals surface area contributed by atoms with Crippen LogP contribution in [-0.2, 0) is 9.53 Å². The average Bonchev–Trinajstić information content (AvgIpc) is 2.35. The molecular weight excluding hydrogens is 345 g/mol. The Balaban J connectivity index is 2.51. The van der Waals surface area contributed by atoms with Gasteiger partial charge in [-0.2, -0.15) is 13.2 Å². The highest BCUT2D eigenvalue weighted by atomic mass is 79.9. The van der Waals surface area contributed by atoms with Crippen LogP contribution in [0.3, 0.4) is 0 Å². The molecule has 1 aromatic carbocycles. The molecule has 0 spiro atoms. The molecule has 0 aliphatic rings. The normalized spacial score (nSPS) is 11.0. The number of alkyl halides is 3. The molecule has 0 heterocycles. The zero-order chi connectivity index (χ0) is 15.3. The fraction of sp³-hybridized carbons (Fsp3) is 0.273. The third-order valence-electron chi connectivity index (χ3n) is 2.03. The van der Waals surface area contributed by atoms with Crippen LogP contribution in [0.2, 0.25) is 0 Å². The standard InChI is InChI=1S/C11H10BrF3N2O3/c12-8-2-1-6(16)3-7(8)10(19)20-4-9(18)17-5-11(13,14)15/h1-3H,4-5,16H2,(H,17,18). The Labute approximate surface area is 120 Å². The summed E-state index contributed by atoms with van der Waals surface area (Å²) in [6.07, 6.45) is -4.52. The van der Waals surface area contributed by atoms with Gasteiger partial charge in [0, 0.05) is 10.2 Å². The van der Waals surface area contributed by atoms with Gasteiger partial charge in [-0.15, -0.1) is 0 Å². The number of amides is 1. The molecule has 5 nitrogen and oxygen atoms in total. The minimum absolute atomic E-state index is 0.0774. The number of esters is 1. The van der Waals surface area contributed by atoms with Crippen molar-refractivity contribution in [2.75, 3.05) is 18.9 Å². The molecular formula is C11H10BrF3N2O3. The number of halogens is 4. The summed E-state index contributed by atoms with van der Waals surface area (Å²) in [4.78, 5) is 22.7. The first-order chi connectivity index (χ1) is 9.19. The average molecular weight is 355 g/mol. The number of nitrogens with one attached hydrogen (secondary N) is 1. The third kappa shape index (κ3) is 5.47. The van der Waals surface area contributed by atoms with Crippen LogP contribution < -0.4 is 11.1 Å². The van der Waals surface area contributed by atoms with E-state index in [-0.39, 0.29) is 5.56 Å². The molecule has 0 aliphatic carbocycles. The van der Waals surface area contributed by atoms with Crippen molar-refractivity contribution in [3.05, 3.63) is 28.2 Å². The molecule has 9 heteroatoms. The molecule has 0 fully saturated rings. The predicted molar refractivity (Wildman–Crippen MR) is 67.9 cm³/mol. The molecule has 0 aromatic heterocycles. The van der Waals surface area contributed by atoms with Crippen LogP contribution in [0.15, 0.2) is 22.7 Å². The number of ether oxygens (including phenoxy) is 1. The summed E-state index contributed by atoms with van der Waals surface area (Å²) in [5.41, 5.74) is 5.87. The Bertz CT molecular complexity index is 520. The molecule has 0 unspecified atom stereocenters. The zero-order valence-electron chi connectivity index (χ0n) is 9.96. The highest BCUT2D eigenvalue weighted by molar-refractivity contribution is 9.10. The van der Waals surface area contributed by atoms with Crippen LogP contribution in [-0.4, -0.2) is 31.2 Å². The number of hydrogen-bond acceptors (Lipinski definition) is 4. The molecule has 0 saturated heterocycles. The molecule has 0 radical (unpaired) electrons. The smallest absolute Gasteiger partial charge is 0.405 e. The molecule has 110 valence electrons. The first-order valence-corrected chi connectivity index (χ1v) is 6.04. The van der Waals surface area contributed by atoms with Crippen molar-refractivity contribution in [1.82, 2.24) is 5.32 Å². The summed E-state index contributed by atoms with van der Waals surface area (Å²) < 4.78 is 40.5. The molecule has 1 aromatic rings. The van der Waals surface area contributed by atoms with Crippen LogP contribution in [0, 0.1) is 0 Å². The number of carbonyl (C=O) groups excluding carboxylic acids is 2. The Morgan fingerprint density at radius 2 is 2.00 bits per heavy atom. The zero-order valence-corrected chi connectivity index (χ0v) is 11.5. The van der Waals surface area contributed by atoms with Gasteiger partial charge in [-0.25, -0.2) is 4.79 Å². The van der Waals surface area contributed by atoms with Crippen LogP contribution in [0.25, 0.3) is 0 Å². The SMILES string of the molecule is Nc1ccc(Br)c(C(=O)OCC(=O)NCC(F)(F)F)c1. The van der Waals surface area contributed by atoms with E-state index >= 15 is 0 Å². The Morgan fingerprint density at radius 3 is 2.60 bits per heavy atom. The number of rotatable bonds is 4. The summed E-state index contributed by atoms with van der Waals surface area (Å²) in [5.74, 6) is -1.91. The Morgan fingerprint density at radius 1 is 1.35 bits per heavy atom. The number of benzene rings is 1. The van der Waals surface area contributed by atoms with Crippen LogP contribution in [0.4, 0.5) is 18.9 Å². The number of nitrogen functional groups attached to an aromatic ring is 1. The van der Waals surface area contributed by atoms with Gasteiger partial charge in [0.2, 0.25) is 0 Å².